The van der Waals surface area contributed by atoms with E-state index in [0.29, 0.717) is 19.1 Å². The monoisotopic (exact) mass is 416 g/mol. The second kappa shape index (κ2) is 9.77. The summed E-state index contributed by atoms with van der Waals surface area (Å²) in [6.45, 7) is 4.24. The minimum absolute atomic E-state index is 0.0550. The van der Waals surface area contributed by atoms with Crippen molar-refractivity contribution in [1.82, 2.24) is 20.0 Å². The van der Waals surface area contributed by atoms with Crippen LogP contribution in [0, 0.1) is 5.82 Å². The van der Waals surface area contributed by atoms with Gasteiger partial charge in [0.15, 0.2) is 0 Å². The molecule has 3 aliphatic rings. The number of carbonyl (C=O) groups is 2. The van der Waals surface area contributed by atoms with Crippen molar-refractivity contribution in [3.63, 3.8) is 0 Å². The number of amides is 3. The quantitative estimate of drug-likeness (QED) is 0.821. The van der Waals surface area contributed by atoms with Crippen molar-refractivity contribution in [2.75, 3.05) is 32.7 Å². The van der Waals surface area contributed by atoms with Gasteiger partial charge in [0.1, 0.15) is 5.82 Å². The molecule has 7 heteroatoms. The SMILES string of the molecule is O=C(NC1CCCCC1)N1CCCN([C@H]2CCN(Cc3ccc(F)cc3)C2=O)CC1. The lowest BCUT2D eigenvalue weighted by Gasteiger charge is -2.28. The van der Waals surface area contributed by atoms with Crippen LogP contribution in [0.5, 0.6) is 0 Å². The zero-order chi connectivity index (χ0) is 20.9. The number of hydrogen-bond donors (Lipinski definition) is 1. The van der Waals surface area contributed by atoms with Crippen molar-refractivity contribution < 1.29 is 14.0 Å². The summed E-state index contributed by atoms with van der Waals surface area (Å²) in [5.74, 6) is -0.106. The molecule has 2 heterocycles. The fourth-order valence-electron chi connectivity index (χ4n) is 4.99. The summed E-state index contributed by atoms with van der Waals surface area (Å²) < 4.78 is 13.1. The van der Waals surface area contributed by atoms with E-state index in [1.807, 2.05) is 9.80 Å². The molecule has 3 fully saturated rings. The zero-order valence-electron chi connectivity index (χ0n) is 17.7. The topological polar surface area (TPSA) is 55.9 Å². The summed E-state index contributed by atoms with van der Waals surface area (Å²) >= 11 is 0. The van der Waals surface area contributed by atoms with Crippen molar-refractivity contribution in [2.45, 2.75) is 63.6 Å². The molecule has 30 heavy (non-hydrogen) atoms. The van der Waals surface area contributed by atoms with E-state index in [2.05, 4.69) is 10.2 Å². The van der Waals surface area contributed by atoms with E-state index in [0.717, 1.165) is 57.4 Å². The van der Waals surface area contributed by atoms with Crippen LogP contribution in [0.25, 0.3) is 0 Å². The Kier molecular flexibility index (Phi) is 6.87. The van der Waals surface area contributed by atoms with Gasteiger partial charge < -0.3 is 15.1 Å². The molecule has 2 aliphatic heterocycles. The summed E-state index contributed by atoms with van der Waals surface area (Å²) in [4.78, 5) is 31.7. The predicted molar refractivity (Wildman–Crippen MR) is 113 cm³/mol. The summed E-state index contributed by atoms with van der Waals surface area (Å²) in [5.41, 5.74) is 0.951. The number of halogens is 1. The Morgan fingerprint density at radius 3 is 2.47 bits per heavy atom. The minimum Gasteiger partial charge on any atom is -0.337 e. The van der Waals surface area contributed by atoms with Gasteiger partial charge in [-0.05, 0) is 43.4 Å². The fourth-order valence-corrected chi connectivity index (χ4v) is 4.99. The number of hydrogen-bond acceptors (Lipinski definition) is 3. The Labute approximate surface area is 178 Å². The molecule has 6 nitrogen and oxygen atoms in total. The molecule has 1 saturated carbocycles. The third-order valence-electron chi connectivity index (χ3n) is 6.75. The number of nitrogens with zero attached hydrogens (tertiary/aromatic N) is 3. The van der Waals surface area contributed by atoms with Gasteiger partial charge in [-0.1, -0.05) is 31.4 Å². The number of nitrogens with one attached hydrogen (secondary N) is 1. The highest BCUT2D eigenvalue weighted by molar-refractivity contribution is 5.84. The van der Waals surface area contributed by atoms with Gasteiger partial charge in [-0.2, -0.15) is 0 Å². The third-order valence-corrected chi connectivity index (χ3v) is 6.75. The molecule has 0 aromatic heterocycles. The predicted octanol–water partition coefficient (Wildman–Crippen LogP) is 2.98. The average Bonchev–Trinajstić information content (AvgIpc) is 2.96. The normalized spacial score (nSPS) is 24.2. The Morgan fingerprint density at radius 2 is 1.70 bits per heavy atom. The molecular formula is C23H33FN4O2. The van der Waals surface area contributed by atoms with Crippen LogP contribution in [0.15, 0.2) is 24.3 Å². The van der Waals surface area contributed by atoms with Crippen molar-refractivity contribution in [3.8, 4) is 0 Å². The standard InChI is InChI=1S/C23H33FN4O2/c24-19-9-7-18(8-10-19)17-28-14-11-21(22(28)29)26-12-4-13-27(16-15-26)23(30)25-20-5-2-1-3-6-20/h7-10,20-21H,1-6,11-17H2,(H,25,30)/t21-/m0/s1. The van der Waals surface area contributed by atoms with E-state index < -0.39 is 0 Å². The van der Waals surface area contributed by atoms with E-state index in [-0.39, 0.29) is 23.8 Å². The molecule has 1 atom stereocenters. The van der Waals surface area contributed by atoms with Gasteiger partial charge in [0.2, 0.25) is 5.91 Å². The van der Waals surface area contributed by atoms with Crippen LogP contribution in [-0.4, -0.2) is 71.4 Å². The summed E-state index contributed by atoms with van der Waals surface area (Å²) in [6, 6.07) is 6.63. The van der Waals surface area contributed by atoms with Crippen LogP contribution in [0.1, 0.15) is 50.5 Å². The maximum absolute atomic E-state index is 13.1. The first-order valence-electron chi connectivity index (χ1n) is 11.4. The molecular weight excluding hydrogens is 383 g/mol. The van der Waals surface area contributed by atoms with Crippen LogP contribution < -0.4 is 5.32 Å². The van der Waals surface area contributed by atoms with Gasteiger partial charge in [-0.3, -0.25) is 9.69 Å². The molecule has 0 bridgehead atoms. The Bertz CT molecular complexity index is 735. The molecule has 1 aromatic rings. The lowest BCUT2D eigenvalue weighted by atomic mass is 9.96. The molecule has 0 spiro atoms. The Hall–Kier alpha value is -2.15. The molecule has 1 N–H and O–H groups in total. The van der Waals surface area contributed by atoms with Crippen LogP contribution in [0.2, 0.25) is 0 Å². The first-order chi connectivity index (χ1) is 14.6. The van der Waals surface area contributed by atoms with E-state index >= 15 is 0 Å². The fraction of sp³-hybridized carbons (Fsp3) is 0.652. The highest BCUT2D eigenvalue weighted by atomic mass is 19.1. The van der Waals surface area contributed by atoms with Gasteiger partial charge in [-0.15, -0.1) is 0 Å². The largest absolute Gasteiger partial charge is 0.337 e. The highest BCUT2D eigenvalue weighted by Crippen LogP contribution is 2.22. The minimum atomic E-state index is -0.258. The van der Waals surface area contributed by atoms with Gasteiger partial charge in [0, 0.05) is 45.3 Å². The van der Waals surface area contributed by atoms with Crippen molar-refractivity contribution >= 4 is 11.9 Å². The second-order valence-electron chi connectivity index (χ2n) is 8.85. The number of benzene rings is 1. The number of likely N-dealkylation sites (tertiary alicyclic amines) is 1. The van der Waals surface area contributed by atoms with Gasteiger partial charge in [0.25, 0.3) is 0 Å². The van der Waals surface area contributed by atoms with E-state index in [4.69, 9.17) is 0 Å². The molecule has 0 radical (unpaired) electrons. The van der Waals surface area contributed by atoms with Crippen LogP contribution in [-0.2, 0) is 11.3 Å². The maximum Gasteiger partial charge on any atom is 0.317 e. The van der Waals surface area contributed by atoms with Gasteiger partial charge >= 0.3 is 6.03 Å². The highest BCUT2D eigenvalue weighted by Gasteiger charge is 2.36. The third kappa shape index (κ3) is 5.12. The molecule has 4 rings (SSSR count). The second-order valence-corrected chi connectivity index (χ2v) is 8.85. The van der Waals surface area contributed by atoms with Crippen molar-refractivity contribution in [3.05, 3.63) is 35.6 Å². The van der Waals surface area contributed by atoms with Gasteiger partial charge in [-0.25, -0.2) is 9.18 Å². The van der Waals surface area contributed by atoms with Crippen LogP contribution >= 0.6 is 0 Å². The average molecular weight is 417 g/mol. The zero-order valence-corrected chi connectivity index (χ0v) is 17.7. The summed E-state index contributed by atoms with van der Waals surface area (Å²) in [7, 11) is 0. The Balaban J connectivity index is 1.28. The van der Waals surface area contributed by atoms with Crippen LogP contribution in [0.3, 0.4) is 0 Å². The Morgan fingerprint density at radius 1 is 0.933 bits per heavy atom. The van der Waals surface area contributed by atoms with Crippen molar-refractivity contribution in [2.24, 2.45) is 0 Å². The van der Waals surface area contributed by atoms with Crippen LogP contribution in [0.4, 0.5) is 9.18 Å². The molecule has 3 amide bonds. The molecule has 2 saturated heterocycles. The van der Waals surface area contributed by atoms with E-state index in [1.165, 1.54) is 31.4 Å². The first-order valence-corrected chi connectivity index (χ1v) is 11.4. The van der Waals surface area contributed by atoms with E-state index in [9.17, 15) is 14.0 Å². The number of carbonyl (C=O) groups excluding carboxylic acids is 2. The summed E-state index contributed by atoms with van der Waals surface area (Å²) in [6.07, 6.45) is 7.57. The first kappa shape index (κ1) is 21.1. The van der Waals surface area contributed by atoms with Gasteiger partial charge in [0.05, 0.1) is 6.04 Å². The smallest absolute Gasteiger partial charge is 0.317 e. The molecule has 0 unspecified atom stereocenters. The lowest BCUT2D eigenvalue weighted by Crippen LogP contribution is -2.47. The number of urea groups is 1. The summed E-state index contributed by atoms with van der Waals surface area (Å²) in [5, 5.41) is 3.21. The molecule has 1 aliphatic carbocycles. The van der Waals surface area contributed by atoms with Crippen molar-refractivity contribution in [1.29, 1.82) is 0 Å². The molecule has 164 valence electrons. The maximum atomic E-state index is 13.1. The molecule has 1 aromatic carbocycles. The van der Waals surface area contributed by atoms with E-state index in [1.54, 1.807) is 12.1 Å². The number of rotatable bonds is 4. The lowest BCUT2D eigenvalue weighted by molar-refractivity contribution is -0.132.